The Labute approximate surface area is 180 Å². The van der Waals surface area contributed by atoms with Gasteiger partial charge in [-0.25, -0.2) is 24.3 Å². The van der Waals surface area contributed by atoms with Crippen LogP contribution in [-0.4, -0.2) is 49.4 Å². The van der Waals surface area contributed by atoms with Gasteiger partial charge in [0, 0.05) is 48.0 Å². The van der Waals surface area contributed by atoms with Crippen molar-refractivity contribution in [3.63, 3.8) is 0 Å². The standard InChI is InChI=1S/C23H25FN6O/c1-14-13-15(2)28-23(27-14)29-19-9-5-12-30(16(19)3)22(31)20-17(7-4-8-18(20)24)21-25-10-6-11-26-21/h4,6-8,10-11,13,16,19H,5,9,12H2,1-3H3,(H,27,28,29). The number of hydrogen-bond donors (Lipinski definition) is 1. The normalized spacial score (nSPS) is 18.6. The largest absolute Gasteiger partial charge is 0.349 e. The highest BCUT2D eigenvalue weighted by molar-refractivity contribution is 6.00. The average Bonchev–Trinajstić information content (AvgIpc) is 2.74. The molecule has 1 aliphatic heterocycles. The van der Waals surface area contributed by atoms with Crippen molar-refractivity contribution in [3.8, 4) is 11.4 Å². The van der Waals surface area contributed by atoms with E-state index in [1.165, 1.54) is 6.07 Å². The first kappa shape index (κ1) is 20.8. The summed E-state index contributed by atoms with van der Waals surface area (Å²) in [6.07, 6.45) is 4.82. The molecule has 2 aromatic heterocycles. The molecular formula is C23H25FN6O. The number of aryl methyl sites for hydroxylation is 2. The molecule has 8 heteroatoms. The van der Waals surface area contributed by atoms with E-state index in [9.17, 15) is 9.18 Å². The second-order valence-electron chi connectivity index (χ2n) is 7.84. The Kier molecular flexibility index (Phi) is 5.88. The molecule has 0 aliphatic carbocycles. The van der Waals surface area contributed by atoms with Gasteiger partial charge in [-0.05, 0) is 51.8 Å². The van der Waals surface area contributed by atoms with Crippen molar-refractivity contribution < 1.29 is 9.18 Å². The number of carbonyl (C=O) groups excluding carboxylic acids is 1. The summed E-state index contributed by atoms with van der Waals surface area (Å²) in [5.74, 6) is -0.0583. The van der Waals surface area contributed by atoms with Crippen molar-refractivity contribution in [1.29, 1.82) is 0 Å². The molecule has 3 aromatic rings. The minimum Gasteiger partial charge on any atom is -0.349 e. The van der Waals surface area contributed by atoms with Crippen LogP contribution in [0.5, 0.6) is 0 Å². The Morgan fingerprint density at radius 2 is 1.84 bits per heavy atom. The Balaban J connectivity index is 1.62. The van der Waals surface area contributed by atoms with Crippen molar-refractivity contribution in [2.45, 2.75) is 45.7 Å². The van der Waals surface area contributed by atoms with Gasteiger partial charge in [-0.2, -0.15) is 0 Å². The first-order valence-corrected chi connectivity index (χ1v) is 10.4. The third-order valence-electron chi connectivity index (χ3n) is 5.58. The van der Waals surface area contributed by atoms with Crippen LogP contribution in [0, 0.1) is 19.7 Å². The molecule has 0 bridgehead atoms. The summed E-state index contributed by atoms with van der Waals surface area (Å²) in [5, 5.41) is 3.37. The highest BCUT2D eigenvalue weighted by Crippen LogP contribution is 2.28. The Bertz CT molecular complexity index is 1070. The van der Waals surface area contributed by atoms with E-state index in [2.05, 4.69) is 25.3 Å². The predicted octanol–water partition coefficient (Wildman–Crippen LogP) is 3.79. The van der Waals surface area contributed by atoms with E-state index < -0.39 is 5.82 Å². The number of carbonyl (C=O) groups is 1. The van der Waals surface area contributed by atoms with Gasteiger partial charge in [0.05, 0.1) is 5.56 Å². The predicted molar refractivity (Wildman–Crippen MR) is 116 cm³/mol. The van der Waals surface area contributed by atoms with Crippen LogP contribution >= 0.6 is 0 Å². The molecule has 0 radical (unpaired) electrons. The Morgan fingerprint density at radius 3 is 2.55 bits per heavy atom. The maximum absolute atomic E-state index is 14.9. The zero-order valence-electron chi connectivity index (χ0n) is 17.8. The van der Waals surface area contributed by atoms with Crippen LogP contribution in [0.4, 0.5) is 10.3 Å². The fraction of sp³-hybridized carbons (Fsp3) is 0.348. The maximum Gasteiger partial charge on any atom is 0.257 e. The van der Waals surface area contributed by atoms with Crippen LogP contribution in [0.3, 0.4) is 0 Å². The fourth-order valence-electron chi connectivity index (χ4n) is 4.09. The minimum absolute atomic E-state index is 0.00356. The molecular weight excluding hydrogens is 395 g/mol. The van der Waals surface area contributed by atoms with Gasteiger partial charge < -0.3 is 10.2 Å². The molecule has 4 rings (SSSR count). The molecule has 7 nitrogen and oxygen atoms in total. The van der Waals surface area contributed by atoms with Gasteiger partial charge >= 0.3 is 0 Å². The van der Waals surface area contributed by atoms with Crippen molar-refractivity contribution >= 4 is 11.9 Å². The number of piperidine rings is 1. The van der Waals surface area contributed by atoms with Crippen molar-refractivity contribution in [3.05, 3.63) is 65.5 Å². The molecule has 1 amide bonds. The van der Waals surface area contributed by atoms with E-state index in [1.54, 1.807) is 35.5 Å². The van der Waals surface area contributed by atoms with E-state index in [-0.39, 0.29) is 23.6 Å². The third kappa shape index (κ3) is 4.38. The number of rotatable bonds is 4. The summed E-state index contributed by atoms with van der Waals surface area (Å²) in [6, 6.07) is 7.93. The van der Waals surface area contributed by atoms with E-state index >= 15 is 0 Å². The van der Waals surface area contributed by atoms with E-state index in [1.807, 2.05) is 26.8 Å². The van der Waals surface area contributed by atoms with Crippen molar-refractivity contribution in [2.75, 3.05) is 11.9 Å². The number of halogens is 1. The topological polar surface area (TPSA) is 83.9 Å². The molecule has 1 N–H and O–H groups in total. The zero-order valence-corrected chi connectivity index (χ0v) is 17.8. The Hall–Kier alpha value is -3.42. The lowest BCUT2D eigenvalue weighted by atomic mass is 9.95. The molecule has 1 aromatic carbocycles. The smallest absolute Gasteiger partial charge is 0.257 e. The highest BCUT2D eigenvalue weighted by atomic mass is 19.1. The first-order chi connectivity index (χ1) is 14.9. The SMILES string of the molecule is Cc1cc(C)nc(NC2CCCN(C(=O)c3c(F)cccc3-c3ncccn3)C2C)n1. The van der Waals surface area contributed by atoms with Crippen LogP contribution < -0.4 is 5.32 Å². The molecule has 0 saturated carbocycles. The van der Waals surface area contributed by atoms with Gasteiger partial charge in [0.1, 0.15) is 5.82 Å². The zero-order chi connectivity index (χ0) is 22.0. The summed E-state index contributed by atoms with van der Waals surface area (Å²) < 4.78 is 14.9. The lowest BCUT2D eigenvalue weighted by Gasteiger charge is -2.40. The van der Waals surface area contributed by atoms with Gasteiger partial charge in [0.25, 0.3) is 5.91 Å². The number of nitrogens with zero attached hydrogens (tertiary/aromatic N) is 5. The van der Waals surface area contributed by atoms with Gasteiger partial charge in [0.15, 0.2) is 5.82 Å². The molecule has 2 atom stereocenters. The first-order valence-electron chi connectivity index (χ1n) is 10.4. The van der Waals surface area contributed by atoms with Crippen LogP contribution in [0.25, 0.3) is 11.4 Å². The molecule has 31 heavy (non-hydrogen) atoms. The summed E-state index contributed by atoms with van der Waals surface area (Å²) in [6.45, 7) is 6.36. The third-order valence-corrected chi connectivity index (χ3v) is 5.58. The van der Waals surface area contributed by atoms with Crippen molar-refractivity contribution in [2.24, 2.45) is 0 Å². The molecule has 160 valence electrons. The second-order valence-corrected chi connectivity index (χ2v) is 7.84. The van der Waals surface area contributed by atoms with Crippen LogP contribution in [0.1, 0.15) is 41.5 Å². The molecule has 3 heterocycles. The second kappa shape index (κ2) is 8.75. The number of nitrogens with one attached hydrogen (secondary N) is 1. The van der Waals surface area contributed by atoms with Gasteiger partial charge in [0.2, 0.25) is 5.95 Å². The molecule has 1 aliphatic rings. The summed E-state index contributed by atoms with van der Waals surface area (Å²) in [4.78, 5) is 32.5. The number of likely N-dealkylation sites (tertiary alicyclic amines) is 1. The summed E-state index contributed by atoms with van der Waals surface area (Å²) >= 11 is 0. The number of aromatic nitrogens is 4. The molecule has 0 spiro atoms. The van der Waals surface area contributed by atoms with E-state index in [0.29, 0.717) is 23.9 Å². The molecule has 1 fully saturated rings. The quantitative estimate of drug-likeness (QED) is 0.691. The summed E-state index contributed by atoms with van der Waals surface area (Å²) in [7, 11) is 0. The Morgan fingerprint density at radius 1 is 1.13 bits per heavy atom. The lowest BCUT2D eigenvalue weighted by Crippen LogP contribution is -2.52. The lowest BCUT2D eigenvalue weighted by molar-refractivity contribution is 0.0612. The van der Waals surface area contributed by atoms with Crippen LogP contribution in [-0.2, 0) is 0 Å². The number of anilines is 1. The monoisotopic (exact) mass is 420 g/mol. The molecule has 1 saturated heterocycles. The van der Waals surface area contributed by atoms with E-state index in [0.717, 1.165) is 24.2 Å². The highest BCUT2D eigenvalue weighted by Gasteiger charge is 2.34. The van der Waals surface area contributed by atoms with Crippen molar-refractivity contribution in [1.82, 2.24) is 24.8 Å². The van der Waals surface area contributed by atoms with Crippen LogP contribution in [0.2, 0.25) is 0 Å². The average molecular weight is 420 g/mol. The maximum atomic E-state index is 14.9. The molecule has 2 unspecified atom stereocenters. The number of hydrogen-bond acceptors (Lipinski definition) is 6. The number of amides is 1. The number of benzene rings is 1. The van der Waals surface area contributed by atoms with Gasteiger partial charge in [-0.3, -0.25) is 4.79 Å². The van der Waals surface area contributed by atoms with E-state index in [4.69, 9.17) is 0 Å². The van der Waals surface area contributed by atoms with Crippen LogP contribution in [0.15, 0.2) is 42.7 Å². The fourth-order valence-corrected chi connectivity index (χ4v) is 4.09. The minimum atomic E-state index is -0.574. The van der Waals surface area contributed by atoms with Gasteiger partial charge in [-0.1, -0.05) is 12.1 Å². The summed E-state index contributed by atoms with van der Waals surface area (Å²) in [5.41, 5.74) is 2.16. The van der Waals surface area contributed by atoms with Gasteiger partial charge in [-0.15, -0.1) is 0 Å².